The molecule has 2 rings (SSSR count). The minimum atomic E-state index is -0.292. The Kier molecular flexibility index (Phi) is 4.95. The molecule has 5 heteroatoms. The highest BCUT2D eigenvalue weighted by molar-refractivity contribution is 9.10. The van der Waals surface area contributed by atoms with Gasteiger partial charge in [-0.2, -0.15) is 0 Å². The van der Waals surface area contributed by atoms with E-state index >= 15 is 0 Å². The van der Waals surface area contributed by atoms with Crippen LogP contribution in [0.1, 0.15) is 24.1 Å². The standard InChI is InChI=1S/C15H13BrCl2FN/c1-8-5-11(16)14(19)7-15(8)20-9(2)10-3-4-12(17)13(18)6-10/h3-7,9,20H,1-2H3. The molecule has 1 atom stereocenters. The van der Waals surface area contributed by atoms with Gasteiger partial charge in [0.2, 0.25) is 0 Å². The highest BCUT2D eigenvalue weighted by Gasteiger charge is 2.11. The Labute approximate surface area is 136 Å². The molecule has 0 saturated carbocycles. The predicted octanol–water partition coefficient (Wildman–Crippen LogP) is 6.38. The van der Waals surface area contributed by atoms with E-state index in [2.05, 4.69) is 21.2 Å². The zero-order chi connectivity index (χ0) is 14.9. The van der Waals surface area contributed by atoms with Crippen molar-refractivity contribution in [3.05, 3.63) is 61.8 Å². The molecule has 0 aliphatic carbocycles. The van der Waals surface area contributed by atoms with Crippen LogP contribution in [0.25, 0.3) is 0 Å². The van der Waals surface area contributed by atoms with Gasteiger partial charge in [0.25, 0.3) is 0 Å². The van der Waals surface area contributed by atoms with Crippen molar-refractivity contribution in [3.63, 3.8) is 0 Å². The van der Waals surface area contributed by atoms with Crippen LogP contribution in [0.15, 0.2) is 34.8 Å². The fraction of sp³-hybridized carbons (Fsp3) is 0.200. The first-order chi connectivity index (χ1) is 9.38. The monoisotopic (exact) mass is 375 g/mol. The number of anilines is 1. The van der Waals surface area contributed by atoms with Gasteiger partial charge in [0, 0.05) is 11.7 Å². The number of aryl methyl sites for hydroxylation is 1. The van der Waals surface area contributed by atoms with Crippen LogP contribution in [0.2, 0.25) is 10.0 Å². The van der Waals surface area contributed by atoms with Gasteiger partial charge in [0.05, 0.1) is 14.5 Å². The SMILES string of the molecule is Cc1cc(Br)c(F)cc1NC(C)c1ccc(Cl)c(Cl)c1. The number of halogens is 4. The molecular formula is C15H13BrCl2FN. The van der Waals surface area contributed by atoms with Crippen LogP contribution >= 0.6 is 39.1 Å². The molecule has 106 valence electrons. The second-order valence-electron chi connectivity index (χ2n) is 4.62. The average Bonchev–Trinajstić information content (AvgIpc) is 2.39. The molecule has 0 radical (unpaired) electrons. The molecule has 0 heterocycles. The average molecular weight is 377 g/mol. The summed E-state index contributed by atoms with van der Waals surface area (Å²) in [6.07, 6.45) is 0. The Balaban J connectivity index is 2.25. The van der Waals surface area contributed by atoms with Crippen molar-refractivity contribution in [2.24, 2.45) is 0 Å². The van der Waals surface area contributed by atoms with Crippen molar-refractivity contribution in [1.29, 1.82) is 0 Å². The topological polar surface area (TPSA) is 12.0 Å². The highest BCUT2D eigenvalue weighted by Crippen LogP contribution is 2.30. The lowest BCUT2D eigenvalue weighted by atomic mass is 10.1. The third kappa shape index (κ3) is 3.46. The number of benzene rings is 2. The zero-order valence-corrected chi connectivity index (χ0v) is 14.1. The molecule has 1 nitrogen and oxygen atoms in total. The van der Waals surface area contributed by atoms with Gasteiger partial charge in [-0.25, -0.2) is 4.39 Å². The molecular weight excluding hydrogens is 364 g/mol. The molecule has 2 aromatic rings. The smallest absolute Gasteiger partial charge is 0.139 e. The molecule has 0 fully saturated rings. The van der Waals surface area contributed by atoms with Gasteiger partial charge in [-0.1, -0.05) is 29.3 Å². The van der Waals surface area contributed by atoms with Crippen LogP contribution in [0.5, 0.6) is 0 Å². The quantitative estimate of drug-likeness (QED) is 0.655. The third-order valence-electron chi connectivity index (χ3n) is 3.08. The van der Waals surface area contributed by atoms with Gasteiger partial charge < -0.3 is 5.32 Å². The van der Waals surface area contributed by atoms with Crippen LogP contribution in [-0.4, -0.2) is 0 Å². The van der Waals surface area contributed by atoms with E-state index in [1.807, 2.05) is 26.0 Å². The summed E-state index contributed by atoms with van der Waals surface area (Å²) < 4.78 is 14.1. The summed E-state index contributed by atoms with van der Waals surface area (Å²) in [4.78, 5) is 0. The molecule has 0 aliphatic rings. The number of hydrogen-bond acceptors (Lipinski definition) is 1. The van der Waals surface area contributed by atoms with E-state index in [1.54, 1.807) is 12.1 Å². The van der Waals surface area contributed by atoms with E-state index in [9.17, 15) is 4.39 Å². The molecule has 0 amide bonds. The first kappa shape index (κ1) is 15.6. The lowest BCUT2D eigenvalue weighted by Crippen LogP contribution is -2.08. The fourth-order valence-electron chi connectivity index (χ4n) is 1.90. The highest BCUT2D eigenvalue weighted by atomic mass is 79.9. The van der Waals surface area contributed by atoms with E-state index in [-0.39, 0.29) is 11.9 Å². The summed E-state index contributed by atoms with van der Waals surface area (Å²) in [6.45, 7) is 3.91. The fourth-order valence-corrected chi connectivity index (χ4v) is 2.66. The molecule has 0 aromatic heterocycles. The van der Waals surface area contributed by atoms with Crippen molar-refractivity contribution in [1.82, 2.24) is 0 Å². The van der Waals surface area contributed by atoms with E-state index in [4.69, 9.17) is 23.2 Å². The van der Waals surface area contributed by atoms with Crippen LogP contribution in [0.4, 0.5) is 10.1 Å². The van der Waals surface area contributed by atoms with E-state index in [0.717, 1.165) is 16.8 Å². The van der Waals surface area contributed by atoms with Gasteiger partial charge >= 0.3 is 0 Å². The molecule has 20 heavy (non-hydrogen) atoms. The molecule has 0 aliphatic heterocycles. The normalized spacial score (nSPS) is 12.3. The summed E-state index contributed by atoms with van der Waals surface area (Å²) in [5, 5.41) is 4.31. The van der Waals surface area contributed by atoms with Gasteiger partial charge in [-0.15, -0.1) is 0 Å². The summed E-state index contributed by atoms with van der Waals surface area (Å²) >= 11 is 15.1. The molecule has 0 bridgehead atoms. The number of nitrogens with one attached hydrogen (secondary N) is 1. The first-order valence-corrected chi connectivity index (χ1v) is 7.60. The Morgan fingerprint density at radius 3 is 2.50 bits per heavy atom. The maximum Gasteiger partial charge on any atom is 0.139 e. The predicted molar refractivity (Wildman–Crippen MR) is 87.3 cm³/mol. The summed E-state index contributed by atoms with van der Waals surface area (Å²) in [5.41, 5.74) is 2.71. The van der Waals surface area contributed by atoms with E-state index < -0.39 is 0 Å². The largest absolute Gasteiger partial charge is 0.378 e. The van der Waals surface area contributed by atoms with Gasteiger partial charge in [0.1, 0.15) is 5.82 Å². The second-order valence-corrected chi connectivity index (χ2v) is 6.29. The Bertz CT molecular complexity index is 646. The van der Waals surface area contributed by atoms with E-state index in [1.165, 1.54) is 6.07 Å². The van der Waals surface area contributed by atoms with Crippen molar-refractivity contribution in [2.45, 2.75) is 19.9 Å². The minimum absolute atomic E-state index is 0.0101. The molecule has 2 aromatic carbocycles. The summed E-state index contributed by atoms with van der Waals surface area (Å²) in [7, 11) is 0. The molecule has 0 saturated heterocycles. The van der Waals surface area contributed by atoms with Gasteiger partial charge in [-0.05, 0) is 65.2 Å². The minimum Gasteiger partial charge on any atom is -0.378 e. The number of rotatable bonds is 3. The molecule has 1 unspecified atom stereocenters. The van der Waals surface area contributed by atoms with E-state index in [0.29, 0.717) is 14.5 Å². The zero-order valence-electron chi connectivity index (χ0n) is 11.0. The maximum absolute atomic E-state index is 13.6. The Morgan fingerprint density at radius 1 is 1.15 bits per heavy atom. The van der Waals surface area contributed by atoms with Crippen LogP contribution in [-0.2, 0) is 0 Å². The van der Waals surface area contributed by atoms with Crippen molar-refractivity contribution in [2.75, 3.05) is 5.32 Å². The van der Waals surface area contributed by atoms with Crippen LogP contribution < -0.4 is 5.32 Å². The van der Waals surface area contributed by atoms with Crippen molar-refractivity contribution >= 4 is 44.8 Å². The Morgan fingerprint density at radius 2 is 1.85 bits per heavy atom. The van der Waals surface area contributed by atoms with Crippen molar-refractivity contribution < 1.29 is 4.39 Å². The molecule has 1 N–H and O–H groups in total. The lowest BCUT2D eigenvalue weighted by Gasteiger charge is -2.18. The van der Waals surface area contributed by atoms with Crippen molar-refractivity contribution in [3.8, 4) is 0 Å². The first-order valence-electron chi connectivity index (χ1n) is 6.05. The number of hydrogen-bond donors (Lipinski definition) is 1. The third-order valence-corrected chi connectivity index (χ3v) is 4.43. The second kappa shape index (κ2) is 6.33. The maximum atomic E-state index is 13.6. The van der Waals surface area contributed by atoms with Gasteiger partial charge in [0.15, 0.2) is 0 Å². The Hall–Kier alpha value is -0.770. The van der Waals surface area contributed by atoms with Gasteiger partial charge in [-0.3, -0.25) is 0 Å². The summed E-state index contributed by atoms with van der Waals surface area (Å²) in [6, 6.07) is 8.69. The van der Waals surface area contributed by atoms with Crippen LogP contribution in [0, 0.1) is 12.7 Å². The molecule has 0 spiro atoms. The summed E-state index contributed by atoms with van der Waals surface area (Å²) in [5.74, 6) is -0.292. The lowest BCUT2D eigenvalue weighted by molar-refractivity contribution is 0.620. The van der Waals surface area contributed by atoms with Crippen LogP contribution in [0.3, 0.4) is 0 Å².